The lowest BCUT2D eigenvalue weighted by Gasteiger charge is -2.61. The van der Waals surface area contributed by atoms with Gasteiger partial charge < -0.3 is 0 Å². The van der Waals surface area contributed by atoms with Gasteiger partial charge in [-0.2, -0.15) is 0 Å². The molecule has 0 saturated heterocycles. The Bertz CT molecular complexity index is 535. The van der Waals surface area contributed by atoms with Crippen LogP contribution >= 0.6 is 0 Å². The van der Waals surface area contributed by atoms with Gasteiger partial charge in [-0.1, -0.05) is 25.8 Å². The molecule has 5 aliphatic rings. The zero-order valence-corrected chi connectivity index (χ0v) is 15.6. The second-order valence-corrected chi connectivity index (χ2v) is 10.6. The quantitative estimate of drug-likeness (QED) is 0.538. The van der Waals surface area contributed by atoms with Crippen LogP contribution in [0, 0.1) is 45.8 Å². The molecule has 0 aromatic carbocycles. The second-order valence-electron chi connectivity index (χ2n) is 10.6. The Morgan fingerprint density at radius 1 is 0.958 bits per heavy atom. The van der Waals surface area contributed by atoms with E-state index >= 15 is 0 Å². The third kappa shape index (κ3) is 1.80. The Morgan fingerprint density at radius 3 is 2.58 bits per heavy atom. The van der Waals surface area contributed by atoms with Crippen LogP contribution in [0.25, 0.3) is 0 Å². The van der Waals surface area contributed by atoms with Crippen LogP contribution in [0.15, 0.2) is 0 Å². The average Bonchev–Trinajstić information content (AvgIpc) is 3.16. The molecule has 0 bridgehead atoms. The summed E-state index contributed by atoms with van der Waals surface area (Å²) in [7, 11) is 0. The van der Waals surface area contributed by atoms with Crippen LogP contribution in [0.2, 0.25) is 0 Å². The Kier molecular flexibility index (Phi) is 3.34. The number of hydrogen-bond donors (Lipinski definition) is 1. The van der Waals surface area contributed by atoms with Crippen molar-refractivity contribution in [1.29, 1.82) is 0 Å². The number of fused-ring (bicyclic) bond motifs is 4. The smallest absolute Gasteiger partial charge is 0.0967 e. The van der Waals surface area contributed by atoms with E-state index in [2.05, 4.69) is 25.8 Å². The van der Waals surface area contributed by atoms with Crippen LogP contribution < -0.4 is 0 Å². The molecule has 136 valence electrons. The van der Waals surface area contributed by atoms with Crippen LogP contribution in [0.1, 0.15) is 78.6 Å². The lowest BCUT2D eigenvalue weighted by Crippen LogP contribution is -2.55. The van der Waals surface area contributed by atoms with E-state index in [1.807, 2.05) is 0 Å². The third-order valence-electron chi connectivity index (χ3n) is 10.4. The summed E-state index contributed by atoms with van der Waals surface area (Å²) in [6.45, 7) is 7.76. The minimum atomic E-state index is 0.102. The van der Waals surface area contributed by atoms with Crippen LogP contribution in [-0.2, 0) is 9.93 Å². The topological polar surface area (TPSA) is 38.7 Å². The van der Waals surface area contributed by atoms with E-state index in [-0.39, 0.29) is 6.10 Å². The average molecular weight is 335 g/mol. The fourth-order valence-corrected chi connectivity index (χ4v) is 8.79. The van der Waals surface area contributed by atoms with Crippen LogP contribution in [-0.4, -0.2) is 11.4 Å². The zero-order valence-electron chi connectivity index (χ0n) is 15.6. The standard InChI is InChI=1S/C21H34O3/c1-13-4-5-17-16-10-14-11-21(14)12-15(23-24-22)6-9-20(21,3)18(16)7-8-19(13,17)2/h13-18,22H,4-12H2,1-3H3/t13-,14-,15-,16?,17+,18?,19+,20+,21+/m0/s1. The number of hydrogen-bond acceptors (Lipinski definition) is 3. The van der Waals surface area contributed by atoms with Crippen molar-refractivity contribution in [2.45, 2.75) is 84.7 Å². The van der Waals surface area contributed by atoms with Gasteiger partial charge in [0.05, 0.1) is 6.10 Å². The summed E-state index contributed by atoms with van der Waals surface area (Å²) in [6, 6.07) is 0. The van der Waals surface area contributed by atoms with Gasteiger partial charge in [0.15, 0.2) is 0 Å². The molecule has 0 amide bonds. The van der Waals surface area contributed by atoms with Gasteiger partial charge in [0.25, 0.3) is 0 Å². The molecule has 0 heterocycles. The van der Waals surface area contributed by atoms with E-state index in [0.717, 1.165) is 42.4 Å². The maximum Gasteiger partial charge on any atom is 0.0967 e. The van der Waals surface area contributed by atoms with Gasteiger partial charge in [-0.05, 0) is 104 Å². The molecule has 1 spiro atoms. The van der Waals surface area contributed by atoms with Gasteiger partial charge >= 0.3 is 0 Å². The van der Waals surface area contributed by atoms with Gasteiger partial charge in [-0.25, -0.2) is 10.1 Å². The summed E-state index contributed by atoms with van der Waals surface area (Å²) in [5.74, 6) is 4.72. The molecule has 2 unspecified atom stereocenters. The molecule has 5 fully saturated rings. The molecular formula is C21H34O3. The normalized spacial score (nSPS) is 61.5. The van der Waals surface area contributed by atoms with Crippen LogP contribution in [0.4, 0.5) is 0 Å². The van der Waals surface area contributed by atoms with Crippen molar-refractivity contribution >= 4 is 0 Å². The predicted octanol–water partition coefficient (Wildman–Crippen LogP) is 5.46. The van der Waals surface area contributed by atoms with E-state index in [0.29, 0.717) is 16.2 Å². The zero-order chi connectivity index (χ0) is 16.7. The van der Waals surface area contributed by atoms with Gasteiger partial charge in [0.2, 0.25) is 0 Å². The van der Waals surface area contributed by atoms with Crippen molar-refractivity contribution in [3.05, 3.63) is 0 Å². The summed E-state index contributed by atoms with van der Waals surface area (Å²) in [5.41, 5.74) is 1.62. The first-order chi connectivity index (χ1) is 11.4. The first-order valence-electron chi connectivity index (χ1n) is 10.4. The molecule has 0 aromatic rings. The van der Waals surface area contributed by atoms with Gasteiger partial charge in [-0.3, -0.25) is 0 Å². The Hall–Kier alpha value is -0.120. The highest BCUT2D eigenvalue weighted by molar-refractivity contribution is 5.22. The van der Waals surface area contributed by atoms with E-state index < -0.39 is 0 Å². The van der Waals surface area contributed by atoms with Crippen molar-refractivity contribution < 1.29 is 15.2 Å². The van der Waals surface area contributed by atoms with Crippen molar-refractivity contribution in [1.82, 2.24) is 0 Å². The summed E-state index contributed by atoms with van der Waals surface area (Å²) >= 11 is 0. The van der Waals surface area contributed by atoms with E-state index in [1.165, 1.54) is 44.9 Å². The maximum absolute atomic E-state index is 8.70. The SMILES string of the molecule is C[C@H]1CC[C@@H]2C3C[C@H]4C[C@@]45C[C@@H](OOO)CC[C@]5(C)C3CC[C@@]21C. The maximum atomic E-state index is 8.70. The minimum absolute atomic E-state index is 0.102. The first kappa shape index (κ1) is 16.1. The van der Waals surface area contributed by atoms with E-state index in [9.17, 15) is 0 Å². The molecule has 5 aliphatic carbocycles. The van der Waals surface area contributed by atoms with Crippen molar-refractivity contribution in [3.8, 4) is 0 Å². The summed E-state index contributed by atoms with van der Waals surface area (Å²) in [5, 5.41) is 12.7. The lowest BCUT2D eigenvalue weighted by atomic mass is 9.44. The monoisotopic (exact) mass is 334 g/mol. The molecule has 5 rings (SSSR count). The fourth-order valence-electron chi connectivity index (χ4n) is 8.79. The molecule has 9 atom stereocenters. The van der Waals surface area contributed by atoms with Crippen molar-refractivity contribution in [2.75, 3.05) is 0 Å². The second kappa shape index (κ2) is 4.98. The molecule has 0 aromatic heterocycles. The summed E-state index contributed by atoms with van der Waals surface area (Å²) in [4.78, 5) is 5.16. The molecular weight excluding hydrogens is 300 g/mol. The van der Waals surface area contributed by atoms with E-state index in [1.54, 1.807) is 0 Å². The predicted molar refractivity (Wildman–Crippen MR) is 91.9 cm³/mol. The van der Waals surface area contributed by atoms with Crippen LogP contribution in [0.5, 0.6) is 0 Å². The fraction of sp³-hybridized carbons (Fsp3) is 1.00. The molecule has 5 saturated carbocycles. The molecule has 24 heavy (non-hydrogen) atoms. The Labute approximate surface area is 146 Å². The molecule has 3 heteroatoms. The van der Waals surface area contributed by atoms with Gasteiger partial charge in [0.1, 0.15) is 0 Å². The van der Waals surface area contributed by atoms with Gasteiger partial charge in [0, 0.05) is 0 Å². The highest BCUT2D eigenvalue weighted by Gasteiger charge is 2.73. The molecule has 0 radical (unpaired) electrons. The molecule has 3 nitrogen and oxygen atoms in total. The highest BCUT2D eigenvalue weighted by atomic mass is 17.5. The van der Waals surface area contributed by atoms with Crippen molar-refractivity contribution in [3.63, 3.8) is 0 Å². The Balaban J connectivity index is 1.45. The number of rotatable bonds is 2. The van der Waals surface area contributed by atoms with Crippen molar-refractivity contribution in [2.24, 2.45) is 45.8 Å². The summed E-state index contributed by atoms with van der Waals surface area (Å²) < 4.78 is 0. The highest BCUT2D eigenvalue weighted by Crippen LogP contribution is 2.80. The largest absolute Gasteiger partial charge is 0.221 e. The third-order valence-corrected chi connectivity index (χ3v) is 10.4. The van der Waals surface area contributed by atoms with E-state index in [4.69, 9.17) is 10.1 Å². The minimum Gasteiger partial charge on any atom is -0.221 e. The van der Waals surface area contributed by atoms with Gasteiger partial charge in [-0.15, -0.1) is 0 Å². The molecule has 1 N–H and O–H groups in total. The summed E-state index contributed by atoms with van der Waals surface area (Å²) in [6.07, 6.45) is 12.2. The first-order valence-corrected chi connectivity index (χ1v) is 10.4. The lowest BCUT2D eigenvalue weighted by molar-refractivity contribution is -0.510. The van der Waals surface area contributed by atoms with Crippen LogP contribution in [0.3, 0.4) is 0 Å². The Morgan fingerprint density at radius 2 is 1.79 bits per heavy atom. The molecule has 0 aliphatic heterocycles.